The first-order chi connectivity index (χ1) is 9.53. The summed E-state index contributed by atoms with van der Waals surface area (Å²) in [6, 6.07) is 22.3. The Kier molecular flexibility index (Phi) is 3.54. The third kappa shape index (κ3) is 2.07. The molecule has 0 spiro atoms. The van der Waals surface area contributed by atoms with Crippen LogP contribution in [0.1, 0.15) is 13.8 Å². The van der Waals surface area contributed by atoms with E-state index in [9.17, 15) is 0 Å². The van der Waals surface area contributed by atoms with Crippen molar-refractivity contribution >= 4 is 36.9 Å². The maximum atomic E-state index is 2.85. The molecule has 0 saturated carbocycles. The van der Waals surface area contributed by atoms with Gasteiger partial charge in [-0.25, -0.2) is 0 Å². The molecule has 0 amide bonds. The molecule has 0 aliphatic carbocycles. The molecule has 2 aromatic rings. The number of hydrogen-bond acceptors (Lipinski definition) is 0. The van der Waals surface area contributed by atoms with E-state index < -0.39 is 4.25 Å². The predicted molar refractivity (Wildman–Crippen MR) is 101 cm³/mol. The summed E-state index contributed by atoms with van der Waals surface area (Å²) in [6.07, 6.45) is 2.46. The van der Waals surface area contributed by atoms with Crippen LogP contribution < -0.4 is 10.6 Å². The minimum absolute atomic E-state index is 1.23. The van der Waals surface area contributed by atoms with Crippen LogP contribution in [0.15, 0.2) is 71.8 Å². The fourth-order valence-electron chi connectivity index (χ4n) is 3.37. The fraction of sp³-hybridized carbons (Fsp3) is 0.222. The summed E-state index contributed by atoms with van der Waals surface area (Å²) in [5.74, 6) is 0. The van der Waals surface area contributed by atoms with E-state index in [1.165, 1.54) is 12.3 Å². The molecule has 0 N–H and O–H groups in total. The maximum absolute atomic E-state index is 2.85. The summed E-state index contributed by atoms with van der Waals surface area (Å²) in [4.78, 5) is 0. The van der Waals surface area contributed by atoms with Gasteiger partial charge < -0.3 is 0 Å². The van der Waals surface area contributed by atoms with Gasteiger partial charge in [0.15, 0.2) is 0 Å². The van der Waals surface area contributed by atoms with Crippen molar-refractivity contribution in [2.24, 2.45) is 0 Å². The van der Waals surface area contributed by atoms with Gasteiger partial charge in [0.2, 0.25) is 0 Å². The van der Waals surface area contributed by atoms with Crippen molar-refractivity contribution in [1.29, 1.82) is 0 Å². The molecule has 104 valence electrons. The van der Waals surface area contributed by atoms with Crippen LogP contribution in [0.5, 0.6) is 0 Å². The van der Waals surface area contributed by atoms with Crippen molar-refractivity contribution < 1.29 is 0 Å². The summed E-state index contributed by atoms with van der Waals surface area (Å²) >= 11 is 2.85. The Morgan fingerprint density at radius 2 is 1.05 bits per heavy atom. The zero-order chi connectivity index (χ0) is 14.2. The van der Waals surface area contributed by atoms with Crippen LogP contribution in [0.2, 0.25) is 0 Å². The van der Waals surface area contributed by atoms with Gasteiger partial charge in [-0.3, -0.25) is 0 Å². The molecular weight excluding hydrogens is 374 g/mol. The van der Waals surface area contributed by atoms with Crippen molar-refractivity contribution in [3.8, 4) is 0 Å². The van der Waals surface area contributed by atoms with Gasteiger partial charge in [0.1, 0.15) is 0 Å². The standard InChI is InChI=1S/C18H20IP/c1-15-13-20(19,14-16(15)2,17-9-5-3-6-10-17)18-11-7-4-8-12-18/h3-12H,13-14H2,1-2H3. The van der Waals surface area contributed by atoms with E-state index in [4.69, 9.17) is 0 Å². The van der Waals surface area contributed by atoms with Crippen molar-refractivity contribution in [3.05, 3.63) is 71.8 Å². The number of rotatable bonds is 2. The molecule has 0 unspecified atom stereocenters. The normalized spacial score (nSPS) is 22.2. The Morgan fingerprint density at radius 1 is 0.700 bits per heavy atom. The van der Waals surface area contributed by atoms with Crippen LogP contribution >= 0.6 is 26.3 Å². The molecule has 3 rings (SSSR count). The molecule has 1 heterocycles. The van der Waals surface area contributed by atoms with Gasteiger partial charge in [0.25, 0.3) is 0 Å². The minimum atomic E-state index is -2.11. The van der Waals surface area contributed by atoms with Gasteiger partial charge in [0, 0.05) is 0 Å². The average Bonchev–Trinajstić information content (AvgIpc) is 2.74. The first kappa shape index (κ1) is 14.3. The zero-order valence-electron chi connectivity index (χ0n) is 12.0. The Bertz CT molecular complexity index is 601. The van der Waals surface area contributed by atoms with Gasteiger partial charge in [-0.05, 0) is 0 Å². The monoisotopic (exact) mass is 394 g/mol. The van der Waals surface area contributed by atoms with Crippen LogP contribution in [0.3, 0.4) is 0 Å². The predicted octanol–water partition coefficient (Wildman–Crippen LogP) is 4.89. The zero-order valence-corrected chi connectivity index (χ0v) is 15.1. The molecule has 0 radical (unpaired) electrons. The van der Waals surface area contributed by atoms with Crippen LogP contribution in [0, 0.1) is 0 Å². The Labute approximate surface area is 134 Å². The third-order valence-electron chi connectivity index (χ3n) is 4.56. The molecule has 0 nitrogen and oxygen atoms in total. The Hall–Kier alpha value is -0.660. The third-order valence-corrected chi connectivity index (χ3v) is 15.2. The summed E-state index contributed by atoms with van der Waals surface area (Å²) < 4.78 is -2.11. The molecule has 0 fully saturated rings. The van der Waals surface area contributed by atoms with E-state index in [2.05, 4.69) is 96.6 Å². The SMILES string of the molecule is CC1=C(C)CP(I)(c2ccccc2)(c2ccccc2)C1. The summed E-state index contributed by atoms with van der Waals surface area (Å²) in [5.41, 5.74) is 3.18. The molecule has 1 aliphatic rings. The number of hydrogen-bond donors (Lipinski definition) is 0. The second-order valence-corrected chi connectivity index (χ2v) is 17.3. The fourth-order valence-corrected chi connectivity index (χ4v) is 13.7. The molecule has 2 heteroatoms. The van der Waals surface area contributed by atoms with E-state index in [1.54, 1.807) is 21.8 Å². The van der Waals surface area contributed by atoms with Gasteiger partial charge in [-0.15, -0.1) is 0 Å². The van der Waals surface area contributed by atoms with Gasteiger partial charge in [0.05, 0.1) is 0 Å². The molecule has 0 bridgehead atoms. The van der Waals surface area contributed by atoms with Crippen molar-refractivity contribution in [2.75, 3.05) is 12.3 Å². The molecule has 0 saturated heterocycles. The van der Waals surface area contributed by atoms with Crippen molar-refractivity contribution in [1.82, 2.24) is 0 Å². The van der Waals surface area contributed by atoms with E-state index >= 15 is 0 Å². The number of allylic oxidation sites excluding steroid dienone is 2. The van der Waals surface area contributed by atoms with Crippen LogP contribution in [0.4, 0.5) is 0 Å². The Morgan fingerprint density at radius 3 is 1.40 bits per heavy atom. The molecule has 1 aliphatic heterocycles. The van der Waals surface area contributed by atoms with Crippen LogP contribution in [-0.2, 0) is 0 Å². The van der Waals surface area contributed by atoms with Crippen molar-refractivity contribution in [2.45, 2.75) is 13.8 Å². The molecule has 2 aromatic carbocycles. The summed E-state index contributed by atoms with van der Waals surface area (Å²) in [6.45, 7) is 4.63. The van der Waals surface area contributed by atoms with Crippen LogP contribution in [-0.4, -0.2) is 12.3 Å². The summed E-state index contributed by atoms with van der Waals surface area (Å²) in [7, 11) is 0. The van der Waals surface area contributed by atoms with E-state index in [0.717, 1.165) is 0 Å². The Balaban J connectivity index is 2.26. The van der Waals surface area contributed by atoms with E-state index in [-0.39, 0.29) is 0 Å². The van der Waals surface area contributed by atoms with E-state index in [1.807, 2.05) is 0 Å². The topological polar surface area (TPSA) is 0 Å². The number of benzene rings is 2. The summed E-state index contributed by atoms with van der Waals surface area (Å²) in [5, 5.41) is 3.09. The average molecular weight is 394 g/mol. The molecule has 20 heavy (non-hydrogen) atoms. The van der Waals surface area contributed by atoms with Gasteiger partial charge in [-0.2, -0.15) is 0 Å². The van der Waals surface area contributed by atoms with Crippen LogP contribution in [0.25, 0.3) is 0 Å². The number of halogens is 1. The first-order valence-electron chi connectivity index (χ1n) is 7.03. The molecule has 0 aromatic heterocycles. The first-order valence-corrected chi connectivity index (χ1v) is 12.4. The van der Waals surface area contributed by atoms with Gasteiger partial charge >= 0.3 is 135 Å². The quantitative estimate of drug-likeness (QED) is 0.387. The van der Waals surface area contributed by atoms with Gasteiger partial charge in [-0.1, -0.05) is 0 Å². The van der Waals surface area contributed by atoms with Crippen molar-refractivity contribution in [3.63, 3.8) is 0 Å². The second-order valence-electron chi connectivity index (χ2n) is 5.92. The molecule has 0 atom stereocenters. The second kappa shape index (κ2) is 4.96. The van der Waals surface area contributed by atoms with E-state index in [0.29, 0.717) is 0 Å². The molecular formula is C18H20IP.